The molecule has 2 N–H and O–H groups in total. The Morgan fingerprint density at radius 3 is 2.85 bits per heavy atom. The van der Waals surface area contributed by atoms with Crippen LogP contribution in [0.5, 0.6) is 11.8 Å². The van der Waals surface area contributed by atoms with Gasteiger partial charge in [0.25, 0.3) is 5.91 Å². The Morgan fingerprint density at radius 2 is 2.06 bits per heavy atom. The molecule has 6 heterocycles. The van der Waals surface area contributed by atoms with Crippen LogP contribution >= 0.6 is 33.9 Å². The zero-order valence-electron chi connectivity index (χ0n) is 24.9. The van der Waals surface area contributed by atoms with Crippen LogP contribution in [0.15, 0.2) is 18.2 Å². The summed E-state index contributed by atoms with van der Waals surface area (Å²) in [6.45, 7) is 0.971. The van der Waals surface area contributed by atoms with Gasteiger partial charge < -0.3 is 25.0 Å². The molecule has 3 saturated heterocycles. The highest BCUT2D eigenvalue weighted by molar-refractivity contribution is 14.1. The van der Waals surface area contributed by atoms with Gasteiger partial charge in [-0.2, -0.15) is 18.7 Å². The number of ether oxygens (including phenoxy) is 2. The van der Waals surface area contributed by atoms with Crippen molar-refractivity contribution in [3.63, 3.8) is 0 Å². The normalized spacial score (nSPS) is 25.5. The number of likely N-dealkylation sites (N-methyl/N-ethyl adjacent to an activating group) is 1. The predicted octanol–water partition coefficient (Wildman–Crippen LogP) is 5.60. The van der Waals surface area contributed by atoms with Crippen LogP contribution in [0.4, 0.5) is 32.8 Å². The van der Waals surface area contributed by atoms with E-state index in [-0.39, 0.29) is 58.4 Å². The fraction of sp³-hybridized carbons (Fsp3) is 0.452. The largest absolute Gasteiger partial charge is 0.484 e. The molecule has 0 saturated carbocycles. The molecule has 1 amide bonds. The molecule has 2 unspecified atom stereocenters. The summed E-state index contributed by atoms with van der Waals surface area (Å²) in [6, 6.07) is 3.54. The molecule has 16 heteroatoms. The van der Waals surface area contributed by atoms with Crippen molar-refractivity contribution < 1.29 is 36.2 Å². The number of rotatable bonds is 5. The minimum Gasteiger partial charge on any atom is -0.484 e. The number of thiophene rings is 1. The lowest BCUT2D eigenvalue weighted by atomic mass is 9.95. The van der Waals surface area contributed by atoms with Crippen molar-refractivity contribution in [2.75, 3.05) is 50.5 Å². The highest BCUT2D eigenvalue weighted by Gasteiger charge is 2.50. The number of anilines is 2. The number of nitrogens with zero attached hydrogens (tertiary/aromatic N) is 5. The van der Waals surface area contributed by atoms with Crippen molar-refractivity contribution in [1.29, 1.82) is 0 Å². The molecule has 248 valence electrons. The van der Waals surface area contributed by atoms with Crippen LogP contribution in [0.2, 0.25) is 0 Å². The number of carbonyl (C=O) groups is 1. The second kappa shape index (κ2) is 11.1. The number of nitrogen functional groups attached to an aromatic ring is 1. The van der Waals surface area contributed by atoms with Crippen LogP contribution in [0.1, 0.15) is 19.3 Å². The van der Waals surface area contributed by atoms with Gasteiger partial charge in [-0.15, -0.1) is 11.3 Å². The second-order valence-electron chi connectivity index (χ2n) is 12.6. The number of aromatic nitrogens is 2. The zero-order valence-corrected chi connectivity index (χ0v) is 27.9. The summed E-state index contributed by atoms with van der Waals surface area (Å²) < 4.78 is 86.5. The molecule has 0 aliphatic carbocycles. The van der Waals surface area contributed by atoms with Crippen LogP contribution in [0.3, 0.4) is 0 Å². The van der Waals surface area contributed by atoms with Crippen molar-refractivity contribution in [2.24, 2.45) is 0 Å². The third-order valence-electron chi connectivity index (χ3n) is 9.93. The van der Waals surface area contributed by atoms with Crippen LogP contribution in [-0.4, -0.2) is 95.8 Å². The number of carbonyl (C=O) groups excluding carboxylic acids is 1. The van der Waals surface area contributed by atoms with Gasteiger partial charge in [0, 0.05) is 37.5 Å². The molecule has 4 aliphatic rings. The average molecular weight is 787 g/mol. The number of nitrogens with two attached hydrogens (primary N) is 1. The third-order valence-corrected chi connectivity index (χ3v) is 11.9. The van der Waals surface area contributed by atoms with Gasteiger partial charge in [-0.1, -0.05) is 6.07 Å². The smallest absolute Gasteiger partial charge is 0.319 e. The van der Waals surface area contributed by atoms with Gasteiger partial charge >= 0.3 is 12.4 Å². The minimum atomic E-state index is -3.19. The van der Waals surface area contributed by atoms with E-state index in [1.165, 1.54) is 12.1 Å². The lowest BCUT2D eigenvalue weighted by Gasteiger charge is -2.31. The standard InChI is InChI=1S/C31H28F5IN6O3S/c1-41-17-10-42(29(44)27(35)36)11-18(17)46-25-21-24(22(34)20(23(25)37)14-3-4-16(33)26-15(14)7-19(38)47-26)39-30(40-28(21)41)45-12-31-5-2-6-43(31)9-13(32)8-31/h3-4,7,13,17-18,27H,2,5-6,8-12,38H2,1H3/t13-,17?,18?,31+/m1/s1. The number of fused-ring (bicyclic) bond motifs is 3. The molecular weight excluding hydrogens is 758 g/mol. The summed E-state index contributed by atoms with van der Waals surface area (Å²) in [5.41, 5.74) is 5.85. The predicted molar refractivity (Wildman–Crippen MR) is 175 cm³/mol. The summed E-state index contributed by atoms with van der Waals surface area (Å²) in [5, 5.41) is 1.00. The minimum absolute atomic E-state index is 0.0747. The number of hydrogen-bond acceptors (Lipinski definition) is 9. The molecule has 47 heavy (non-hydrogen) atoms. The molecule has 4 aliphatic heterocycles. The van der Waals surface area contributed by atoms with E-state index in [1.54, 1.807) is 18.0 Å². The Labute approximate surface area is 282 Å². The maximum atomic E-state index is 17.0. The SMILES string of the molecule is CN1c2nc(OC[C@@]34CCCN3C[C@H](F)C4)nc3c(F)c(-c4ccc(F)c5sc(N)cc45)c(I)c(c23)OC2CN(C(=O)C(F)F)CC21. The number of hydrogen-bond donors (Lipinski definition) is 1. The summed E-state index contributed by atoms with van der Waals surface area (Å²) in [4.78, 5) is 26.4. The van der Waals surface area contributed by atoms with E-state index < -0.39 is 47.8 Å². The Kier molecular flexibility index (Phi) is 7.36. The molecule has 3 fully saturated rings. The molecule has 0 bridgehead atoms. The highest BCUT2D eigenvalue weighted by atomic mass is 127. The van der Waals surface area contributed by atoms with Crippen molar-refractivity contribution in [3.05, 3.63) is 33.4 Å². The molecule has 2 aromatic heterocycles. The van der Waals surface area contributed by atoms with E-state index in [2.05, 4.69) is 9.88 Å². The Hall–Kier alpha value is -3.25. The number of alkyl halides is 3. The van der Waals surface area contributed by atoms with E-state index >= 15 is 4.39 Å². The van der Waals surface area contributed by atoms with Crippen molar-refractivity contribution in [2.45, 2.75) is 49.5 Å². The quantitative estimate of drug-likeness (QED) is 0.207. The average Bonchev–Trinajstić information content (AvgIpc) is 3.79. The molecule has 0 radical (unpaired) electrons. The molecule has 4 aromatic rings. The van der Waals surface area contributed by atoms with E-state index in [0.29, 0.717) is 32.5 Å². The van der Waals surface area contributed by atoms with E-state index in [9.17, 15) is 22.4 Å². The van der Waals surface area contributed by atoms with Crippen molar-refractivity contribution in [3.8, 4) is 22.9 Å². The van der Waals surface area contributed by atoms with Crippen LogP contribution in [0, 0.1) is 15.2 Å². The monoisotopic (exact) mass is 786 g/mol. The van der Waals surface area contributed by atoms with E-state index in [4.69, 9.17) is 20.2 Å². The summed E-state index contributed by atoms with van der Waals surface area (Å²) in [6.07, 6.45) is -2.99. The first-order chi connectivity index (χ1) is 22.5. The van der Waals surface area contributed by atoms with Crippen molar-refractivity contribution >= 4 is 71.6 Å². The second-order valence-corrected chi connectivity index (χ2v) is 14.8. The lowest BCUT2D eigenvalue weighted by Crippen LogP contribution is -2.44. The van der Waals surface area contributed by atoms with E-state index in [0.717, 1.165) is 35.6 Å². The lowest BCUT2D eigenvalue weighted by molar-refractivity contribution is -0.142. The van der Waals surface area contributed by atoms with Crippen molar-refractivity contribution in [1.82, 2.24) is 19.8 Å². The fourth-order valence-electron chi connectivity index (χ4n) is 7.75. The third kappa shape index (κ3) is 4.79. The summed E-state index contributed by atoms with van der Waals surface area (Å²) >= 11 is 3.00. The van der Waals surface area contributed by atoms with Gasteiger partial charge in [0.2, 0.25) is 0 Å². The Balaban J connectivity index is 1.31. The van der Waals surface area contributed by atoms with Crippen LogP contribution < -0.4 is 20.1 Å². The molecule has 8 rings (SSSR count). The van der Waals surface area contributed by atoms with Gasteiger partial charge in [-0.25, -0.2) is 13.2 Å². The van der Waals surface area contributed by atoms with Gasteiger partial charge in [-0.3, -0.25) is 9.69 Å². The molecule has 0 spiro atoms. The molecule has 4 atom stereocenters. The first-order valence-corrected chi connectivity index (χ1v) is 17.0. The highest BCUT2D eigenvalue weighted by Crippen LogP contribution is 2.50. The van der Waals surface area contributed by atoms with Gasteiger partial charge in [0.05, 0.1) is 36.8 Å². The topological polar surface area (TPSA) is 97.1 Å². The maximum absolute atomic E-state index is 17.0. The first-order valence-electron chi connectivity index (χ1n) is 15.1. The van der Waals surface area contributed by atoms with Gasteiger partial charge in [0.1, 0.15) is 41.8 Å². The van der Waals surface area contributed by atoms with Crippen LogP contribution in [-0.2, 0) is 4.79 Å². The van der Waals surface area contributed by atoms with Gasteiger partial charge in [-0.05, 0) is 59.7 Å². The number of benzene rings is 2. The zero-order chi connectivity index (χ0) is 32.9. The number of amides is 1. The number of likely N-dealkylation sites (tertiary alicyclic amines) is 1. The summed E-state index contributed by atoms with van der Waals surface area (Å²) in [5.74, 6) is -2.08. The fourth-order valence-corrected chi connectivity index (χ4v) is 9.53. The molecule has 9 nitrogen and oxygen atoms in total. The molecular formula is C31H28F5IN6O3S. The van der Waals surface area contributed by atoms with Crippen LogP contribution in [0.25, 0.3) is 32.1 Å². The van der Waals surface area contributed by atoms with E-state index in [1.807, 2.05) is 22.6 Å². The maximum Gasteiger partial charge on any atom is 0.319 e. The van der Waals surface area contributed by atoms with Gasteiger partial charge in [0.15, 0.2) is 5.82 Å². The molecule has 2 aromatic carbocycles. The first kappa shape index (κ1) is 31.0. The Bertz CT molecular complexity index is 1970. The Morgan fingerprint density at radius 1 is 1.26 bits per heavy atom. The summed E-state index contributed by atoms with van der Waals surface area (Å²) in [7, 11) is 1.68. The number of halogens is 6.